The minimum Gasteiger partial charge on any atom is -0.378 e. The first-order chi connectivity index (χ1) is 15.0. The van der Waals surface area contributed by atoms with Gasteiger partial charge in [0.15, 0.2) is 5.65 Å². The van der Waals surface area contributed by atoms with Crippen LogP contribution in [0.1, 0.15) is 5.69 Å². The molecule has 0 aliphatic carbocycles. The molecule has 4 aromatic rings. The molecule has 0 bridgehead atoms. The van der Waals surface area contributed by atoms with Crippen molar-refractivity contribution < 1.29 is 9.53 Å². The van der Waals surface area contributed by atoms with E-state index in [1.807, 2.05) is 30.3 Å². The van der Waals surface area contributed by atoms with Crippen molar-refractivity contribution in [3.8, 4) is 11.4 Å². The molecule has 0 aliphatic heterocycles. The highest BCUT2D eigenvalue weighted by molar-refractivity contribution is 6.30. The van der Waals surface area contributed by atoms with E-state index in [4.69, 9.17) is 16.3 Å². The zero-order valence-corrected chi connectivity index (χ0v) is 17.8. The summed E-state index contributed by atoms with van der Waals surface area (Å²) in [5.41, 5.74) is 1.97. The van der Waals surface area contributed by atoms with Gasteiger partial charge in [0, 0.05) is 36.5 Å². The molecule has 0 saturated heterocycles. The van der Waals surface area contributed by atoms with E-state index in [0.29, 0.717) is 27.9 Å². The largest absolute Gasteiger partial charge is 0.378 e. The molecule has 0 aliphatic rings. The van der Waals surface area contributed by atoms with Crippen LogP contribution in [0.4, 0.5) is 5.69 Å². The van der Waals surface area contributed by atoms with Gasteiger partial charge < -0.3 is 9.64 Å². The molecule has 9 heteroatoms. The standard InChI is InChI=1S/C22H20ClN5O3/c1-26(18-10-6-9-16(23)11-18)20(29)13-27-22(30)28-19(25-27)12-17(14-31-2)24-21(28)15-7-4-3-5-8-15/h3-12H,13-14H2,1-2H3. The lowest BCUT2D eigenvalue weighted by Gasteiger charge is -2.17. The number of fused-ring (bicyclic) bond motifs is 1. The van der Waals surface area contributed by atoms with Crippen LogP contribution in [-0.2, 0) is 22.7 Å². The van der Waals surface area contributed by atoms with Crippen molar-refractivity contribution in [3.05, 3.63) is 81.9 Å². The van der Waals surface area contributed by atoms with Gasteiger partial charge in [0.1, 0.15) is 12.4 Å². The third-order valence-corrected chi connectivity index (χ3v) is 5.04. The number of benzene rings is 2. The van der Waals surface area contributed by atoms with Gasteiger partial charge >= 0.3 is 5.69 Å². The van der Waals surface area contributed by atoms with Gasteiger partial charge in [-0.2, -0.15) is 0 Å². The zero-order chi connectivity index (χ0) is 22.0. The first-order valence-corrected chi connectivity index (χ1v) is 9.91. The molecule has 0 radical (unpaired) electrons. The molecule has 0 unspecified atom stereocenters. The molecular formula is C22H20ClN5O3. The SMILES string of the molecule is COCc1cc2nn(CC(=O)N(C)c3cccc(Cl)c3)c(=O)n2c(-c2ccccc2)n1. The van der Waals surface area contributed by atoms with E-state index in [-0.39, 0.29) is 19.1 Å². The van der Waals surface area contributed by atoms with Crippen LogP contribution < -0.4 is 10.6 Å². The fraction of sp³-hybridized carbons (Fsp3) is 0.182. The Morgan fingerprint density at radius 1 is 1.13 bits per heavy atom. The fourth-order valence-corrected chi connectivity index (χ4v) is 3.44. The highest BCUT2D eigenvalue weighted by atomic mass is 35.5. The molecule has 2 aromatic carbocycles. The summed E-state index contributed by atoms with van der Waals surface area (Å²) in [5.74, 6) is 0.135. The molecule has 0 N–H and O–H groups in total. The first-order valence-electron chi connectivity index (χ1n) is 9.54. The predicted octanol–water partition coefficient (Wildman–Crippen LogP) is 3.02. The second kappa shape index (κ2) is 8.71. The fourth-order valence-electron chi connectivity index (χ4n) is 3.25. The van der Waals surface area contributed by atoms with Crippen molar-refractivity contribution in [1.82, 2.24) is 19.2 Å². The van der Waals surface area contributed by atoms with Gasteiger partial charge in [-0.1, -0.05) is 48.0 Å². The lowest BCUT2D eigenvalue weighted by Crippen LogP contribution is -2.34. The van der Waals surface area contributed by atoms with Crippen LogP contribution in [0.5, 0.6) is 0 Å². The van der Waals surface area contributed by atoms with Crippen LogP contribution in [0, 0.1) is 0 Å². The molecule has 0 spiro atoms. The lowest BCUT2D eigenvalue weighted by molar-refractivity contribution is -0.119. The Morgan fingerprint density at radius 3 is 2.61 bits per heavy atom. The van der Waals surface area contributed by atoms with Gasteiger partial charge in [0.25, 0.3) is 0 Å². The molecular weight excluding hydrogens is 418 g/mol. The molecule has 2 heterocycles. The number of carbonyl (C=O) groups excluding carboxylic acids is 1. The van der Waals surface area contributed by atoms with E-state index < -0.39 is 5.69 Å². The van der Waals surface area contributed by atoms with Crippen molar-refractivity contribution in [2.75, 3.05) is 19.1 Å². The number of nitrogens with zero attached hydrogens (tertiary/aromatic N) is 5. The van der Waals surface area contributed by atoms with Crippen LogP contribution >= 0.6 is 11.6 Å². The molecule has 0 saturated carbocycles. The second-order valence-electron chi connectivity index (χ2n) is 6.94. The maximum Gasteiger partial charge on any atom is 0.352 e. The second-order valence-corrected chi connectivity index (χ2v) is 7.37. The van der Waals surface area contributed by atoms with E-state index in [0.717, 1.165) is 10.2 Å². The Bertz CT molecular complexity index is 1300. The van der Waals surface area contributed by atoms with E-state index in [1.165, 1.54) is 9.30 Å². The number of methoxy groups -OCH3 is 1. The normalized spacial score (nSPS) is 11.1. The van der Waals surface area contributed by atoms with Crippen molar-refractivity contribution >= 4 is 28.8 Å². The Morgan fingerprint density at radius 2 is 1.90 bits per heavy atom. The highest BCUT2D eigenvalue weighted by Crippen LogP contribution is 2.20. The summed E-state index contributed by atoms with van der Waals surface area (Å²) >= 11 is 6.02. The van der Waals surface area contributed by atoms with Crippen molar-refractivity contribution in [1.29, 1.82) is 0 Å². The minimum absolute atomic E-state index is 0.225. The van der Waals surface area contributed by atoms with Gasteiger partial charge in [-0.05, 0) is 18.2 Å². The Hall–Kier alpha value is -3.49. The maximum absolute atomic E-state index is 13.1. The average Bonchev–Trinajstić information content (AvgIpc) is 3.08. The highest BCUT2D eigenvalue weighted by Gasteiger charge is 2.19. The number of carbonyl (C=O) groups is 1. The molecule has 0 atom stereocenters. The van der Waals surface area contributed by atoms with E-state index in [2.05, 4.69) is 10.1 Å². The number of halogens is 1. The van der Waals surface area contributed by atoms with Gasteiger partial charge in [-0.25, -0.2) is 18.9 Å². The summed E-state index contributed by atoms with van der Waals surface area (Å²) < 4.78 is 7.75. The zero-order valence-electron chi connectivity index (χ0n) is 17.0. The number of rotatable bonds is 6. The number of aromatic nitrogens is 4. The Kier molecular flexibility index (Phi) is 5.83. The molecule has 1 amide bonds. The summed E-state index contributed by atoms with van der Waals surface area (Å²) in [6.07, 6.45) is 0. The molecule has 2 aromatic heterocycles. The molecule has 8 nitrogen and oxygen atoms in total. The summed E-state index contributed by atoms with van der Waals surface area (Å²) in [7, 11) is 3.20. The smallest absolute Gasteiger partial charge is 0.352 e. The Balaban J connectivity index is 1.75. The molecule has 4 rings (SSSR count). The third-order valence-electron chi connectivity index (χ3n) is 4.80. The number of ether oxygens (including phenoxy) is 1. The van der Waals surface area contributed by atoms with E-state index >= 15 is 0 Å². The van der Waals surface area contributed by atoms with Crippen molar-refractivity contribution in [3.63, 3.8) is 0 Å². The summed E-state index contributed by atoms with van der Waals surface area (Å²) in [6.45, 7) is 0.0468. The molecule has 31 heavy (non-hydrogen) atoms. The van der Waals surface area contributed by atoms with Crippen LogP contribution in [0.15, 0.2) is 65.5 Å². The maximum atomic E-state index is 13.1. The molecule has 158 valence electrons. The van der Waals surface area contributed by atoms with Crippen LogP contribution in [0.25, 0.3) is 17.0 Å². The van der Waals surface area contributed by atoms with E-state index in [9.17, 15) is 9.59 Å². The number of likely N-dealkylation sites (N-methyl/N-ethyl adjacent to an activating group) is 1. The van der Waals surface area contributed by atoms with Gasteiger partial charge in [0.2, 0.25) is 5.91 Å². The van der Waals surface area contributed by atoms with Gasteiger partial charge in [0.05, 0.1) is 12.3 Å². The van der Waals surface area contributed by atoms with Crippen molar-refractivity contribution in [2.45, 2.75) is 13.2 Å². The number of anilines is 1. The van der Waals surface area contributed by atoms with Crippen LogP contribution in [0.3, 0.4) is 0 Å². The predicted molar refractivity (Wildman–Crippen MR) is 118 cm³/mol. The monoisotopic (exact) mass is 437 g/mol. The first kappa shape index (κ1) is 20.8. The quantitative estimate of drug-likeness (QED) is 0.463. The Labute approximate surface area is 183 Å². The summed E-state index contributed by atoms with van der Waals surface area (Å²) in [6, 6.07) is 18.0. The average molecular weight is 438 g/mol. The summed E-state index contributed by atoms with van der Waals surface area (Å²) in [4.78, 5) is 32.0. The van der Waals surface area contributed by atoms with Crippen LogP contribution in [0.2, 0.25) is 5.02 Å². The molecule has 0 fully saturated rings. The van der Waals surface area contributed by atoms with Gasteiger partial charge in [-0.15, -0.1) is 5.10 Å². The lowest BCUT2D eigenvalue weighted by atomic mass is 10.2. The van der Waals surface area contributed by atoms with Crippen LogP contribution in [-0.4, -0.2) is 39.2 Å². The van der Waals surface area contributed by atoms with Crippen molar-refractivity contribution in [2.24, 2.45) is 0 Å². The van der Waals surface area contributed by atoms with Gasteiger partial charge in [-0.3, -0.25) is 4.79 Å². The summed E-state index contributed by atoms with van der Waals surface area (Å²) in [5, 5.41) is 4.89. The topological polar surface area (TPSA) is 81.7 Å². The minimum atomic E-state index is -0.446. The third kappa shape index (κ3) is 4.21. The number of hydrogen-bond donors (Lipinski definition) is 0. The number of amides is 1. The van der Waals surface area contributed by atoms with E-state index in [1.54, 1.807) is 44.5 Å². The number of hydrogen-bond acceptors (Lipinski definition) is 5.